The fraction of sp³-hybridized carbons (Fsp3) is 0.615. The molecule has 0 fully saturated rings. The molecule has 4 heteroatoms. The number of nitrogens with two attached hydrogens (primary N) is 1. The van der Waals surface area contributed by atoms with Gasteiger partial charge in [0.2, 0.25) is 0 Å². The van der Waals surface area contributed by atoms with Crippen LogP contribution in [0.5, 0.6) is 0 Å². The number of nitrogens with zero attached hydrogens (tertiary/aromatic N) is 1. The van der Waals surface area contributed by atoms with E-state index in [2.05, 4.69) is 17.2 Å². The molecule has 0 aliphatic rings. The molecule has 0 saturated heterocycles. The van der Waals surface area contributed by atoms with Gasteiger partial charge in [0.25, 0.3) is 0 Å². The fourth-order valence-electron chi connectivity index (χ4n) is 1.73. The molecular formula is C13H22ClN3. The van der Waals surface area contributed by atoms with E-state index in [1.807, 2.05) is 6.07 Å². The Kier molecular flexibility index (Phi) is 6.78. The number of unbranched alkanes of at least 4 members (excludes halogenated alkanes) is 5. The van der Waals surface area contributed by atoms with Gasteiger partial charge in [0.15, 0.2) is 0 Å². The molecule has 1 rings (SSSR count). The van der Waals surface area contributed by atoms with E-state index in [1.54, 1.807) is 6.07 Å². The molecular weight excluding hydrogens is 234 g/mol. The summed E-state index contributed by atoms with van der Waals surface area (Å²) in [5, 5.41) is 3.68. The number of halogens is 1. The van der Waals surface area contributed by atoms with E-state index in [0.29, 0.717) is 10.8 Å². The Morgan fingerprint density at radius 2 is 1.88 bits per heavy atom. The minimum atomic E-state index is 0.440. The highest BCUT2D eigenvalue weighted by Gasteiger charge is 1.98. The van der Waals surface area contributed by atoms with Gasteiger partial charge in [-0.2, -0.15) is 0 Å². The molecule has 0 radical (unpaired) electrons. The lowest BCUT2D eigenvalue weighted by atomic mass is 10.1. The van der Waals surface area contributed by atoms with Crippen LogP contribution in [-0.4, -0.2) is 11.5 Å². The van der Waals surface area contributed by atoms with Gasteiger partial charge in [0.05, 0.1) is 0 Å². The van der Waals surface area contributed by atoms with Crippen LogP contribution in [0.25, 0.3) is 0 Å². The number of nitrogens with one attached hydrogen (secondary N) is 1. The SMILES string of the molecule is CCCCCCCCNc1cc(N)cc(Cl)n1. The zero-order chi connectivity index (χ0) is 12.5. The number of rotatable bonds is 8. The van der Waals surface area contributed by atoms with Crippen molar-refractivity contribution in [2.45, 2.75) is 45.4 Å². The van der Waals surface area contributed by atoms with Gasteiger partial charge < -0.3 is 11.1 Å². The molecule has 1 aromatic heterocycles. The Hall–Kier alpha value is -0.960. The number of anilines is 2. The van der Waals surface area contributed by atoms with Crippen LogP contribution in [0.3, 0.4) is 0 Å². The van der Waals surface area contributed by atoms with Crippen molar-refractivity contribution in [1.82, 2.24) is 4.98 Å². The molecule has 3 nitrogen and oxygen atoms in total. The molecule has 17 heavy (non-hydrogen) atoms. The maximum atomic E-state index is 5.82. The average molecular weight is 256 g/mol. The maximum absolute atomic E-state index is 5.82. The fourth-order valence-corrected chi connectivity index (χ4v) is 1.95. The Balaban J connectivity index is 2.13. The molecule has 3 N–H and O–H groups in total. The number of nitrogen functional groups attached to an aromatic ring is 1. The van der Waals surface area contributed by atoms with E-state index in [-0.39, 0.29) is 0 Å². The van der Waals surface area contributed by atoms with Crippen LogP contribution < -0.4 is 11.1 Å². The van der Waals surface area contributed by atoms with Crippen LogP contribution in [0.4, 0.5) is 11.5 Å². The first-order valence-corrected chi connectivity index (χ1v) is 6.77. The van der Waals surface area contributed by atoms with E-state index in [9.17, 15) is 0 Å². The van der Waals surface area contributed by atoms with E-state index in [0.717, 1.165) is 18.8 Å². The number of aromatic nitrogens is 1. The molecule has 0 bridgehead atoms. The third-order valence-electron chi connectivity index (χ3n) is 2.65. The van der Waals surface area contributed by atoms with E-state index < -0.39 is 0 Å². The molecule has 0 spiro atoms. The number of hydrogen-bond acceptors (Lipinski definition) is 3. The van der Waals surface area contributed by atoms with Gasteiger partial charge in [-0.25, -0.2) is 4.98 Å². The highest BCUT2D eigenvalue weighted by Crippen LogP contribution is 2.15. The van der Waals surface area contributed by atoms with Gasteiger partial charge in [-0.1, -0.05) is 50.6 Å². The topological polar surface area (TPSA) is 50.9 Å². The van der Waals surface area contributed by atoms with E-state index in [4.69, 9.17) is 17.3 Å². The van der Waals surface area contributed by atoms with Crippen molar-refractivity contribution in [1.29, 1.82) is 0 Å². The smallest absolute Gasteiger partial charge is 0.133 e. The summed E-state index contributed by atoms with van der Waals surface area (Å²) < 4.78 is 0. The van der Waals surface area contributed by atoms with Gasteiger partial charge in [-0.05, 0) is 12.5 Å². The van der Waals surface area contributed by atoms with Crippen molar-refractivity contribution >= 4 is 23.1 Å². The van der Waals surface area contributed by atoms with Gasteiger partial charge in [-0.3, -0.25) is 0 Å². The number of hydrogen-bond donors (Lipinski definition) is 2. The molecule has 1 heterocycles. The third kappa shape index (κ3) is 6.37. The highest BCUT2D eigenvalue weighted by atomic mass is 35.5. The minimum absolute atomic E-state index is 0.440. The second-order valence-corrected chi connectivity index (χ2v) is 4.69. The quantitative estimate of drug-likeness (QED) is 0.543. The lowest BCUT2D eigenvalue weighted by Gasteiger charge is -2.06. The Bertz CT molecular complexity index is 308. The largest absolute Gasteiger partial charge is 0.399 e. The number of pyridine rings is 1. The van der Waals surface area contributed by atoms with Crippen molar-refractivity contribution in [3.8, 4) is 0 Å². The van der Waals surface area contributed by atoms with Crippen LogP contribution in [0, 0.1) is 0 Å². The summed E-state index contributed by atoms with van der Waals surface area (Å²) in [7, 11) is 0. The summed E-state index contributed by atoms with van der Waals surface area (Å²) in [4.78, 5) is 4.16. The molecule has 0 atom stereocenters. The summed E-state index contributed by atoms with van der Waals surface area (Å²) in [6.07, 6.45) is 7.74. The predicted octanol–water partition coefficient (Wildman–Crippen LogP) is 4.09. The lowest BCUT2D eigenvalue weighted by Crippen LogP contribution is -2.04. The molecule has 0 aliphatic heterocycles. The van der Waals surface area contributed by atoms with Crippen LogP contribution >= 0.6 is 11.6 Å². The van der Waals surface area contributed by atoms with Crippen LogP contribution in [-0.2, 0) is 0 Å². The van der Waals surface area contributed by atoms with Crippen molar-refractivity contribution in [2.24, 2.45) is 0 Å². The molecule has 0 saturated carbocycles. The zero-order valence-electron chi connectivity index (χ0n) is 10.5. The van der Waals surface area contributed by atoms with Crippen molar-refractivity contribution in [2.75, 3.05) is 17.6 Å². The molecule has 96 valence electrons. The Labute approximate surface area is 109 Å². The normalized spacial score (nSPS) is 10.5. The zero-order valence-corrected chi connectivity index (χ0v) is 11.3. The van der Waals surface area contributed by atoms with Gasteiger partial charge in [0, 0.05) is 18.3 Å². The van der Waals surface area contributed by atoms with Crippen molar-refractivity contribution < 1.29 is 0 Å². The molecule has 0 unspecified atom stereocenters. The lowest BCUT2D eigenvalue weighted by molar-refractivity contribution is 0.617. The van der Waals surface area contributed by atoms with Gasteiger partial charge in [-0.15, -0.1) is 0 Å². The van der Waals surface area contributed by atoms with Crippen LogP contribution in [0.1, 0.15) is 45.4 Å². The third-order valence-corrected chi connectivity index (χ3v) is 2.85. The van der Waals surface area contributed by atoms with Crippen LogP contribution in [0.2, 0.25) is 5.15 Å². The molecule has 1 aromatic rings. The van der Waals surface area contributed by atoms with E-state index >= 15 is 0 Å². The summed E-state index contributed by atoms with van der Waals surface area (Å²) >= 11 is 5.82. The minimum Gasteiger partial charge on any atom is -0.399 e. The first-order valence-electron chi connectivity index (χ1n) is 6.39. The standard InChI is InChI=1S/C13H22ClN3/c1-2-3-4-5-6-7-8-16-13-10-11(15)9-12(14)17-13/h9-10H,2-8H2,1H3,(H3,15,16,17). The maximum Gasteiger partial charge on any atom is 0.133 e. The molecule has 0 aliphatic carbocycles. The highest BCUT2D eigenvalue weighted by molar-refractivity contribution is 6.29. The first-order chi connectivity index (χ1) is 8.22. The summed E-state index contributed by atoms with van der Waals surface area (Å²) in [5.74, 6) is 0.767. The van der Waals surface area contributed by atoms with Crippen LogP contribution in [0.15, 0.2) is 12.1 Å². The predicted molar refractivity (Wildman–Crippen MR) is 75.5 cm³/mol. The second kappa shape index (κ2) is 8.18. The van der Waals surface area contributed by atoms with Gasteiger partial charge in [0.1, 0.15) is 11.0 Å². The van der Waals surface area contributed by atoms with E-state index in [1.165, 1.54) is 32.1 Å². The molecule has 0 aromatic carbocycles. The van der Waals surface area contributed by atoms with Gasteiger partial charge >= 0.3 is 0 Å². The summed E-state index contributed by atoms with van der Waals surface area (Å²) in [6.45, 7) is 3.16. The van der Waals surface area contributed by atoms with Crippen molar-refractivity contribution in [3.63, 3.8) is 0 Å². The monoisotopic (exact) mass is 255 g/mol. The summed E-state index contributed by atoms with van der Waals surface area (Å²) in [5.41, 5.74) is 6.33. The average Bonchev–Trinajstić information content (AvgIpc) is 2.26. The van der Waals surface area contributed by atoms with Crippen molar-refractivity contribution in [3.05, 3.63) is 17.3 Å². The summed E-state index contributed by atoms with van der Waals surface area (Å²) in [6, 6.07) is 3.46. The Morgan fingerprint density at radius 1 is 1.18 bits per heavy atom. The molecule has 0 amide bonds. The Morgan fingerprint density at radius 3 is 2.59 bits per heavy atom. The first kappa shape index (κ1) is 14.1. The second-order valence-electron chi connectivity index (χ2n) is 4.30.